The van der Waals surface area contributed by atoms with Crippen LogP contribution in [-0.2, 0) is 19.1 Å². The molecule has 0 saturated carbocycles. The average Bonchev–Trinajstić information content (AvgIpc) is 2.43. The van der Waals surface area contributed by atoms with E-state index in [2.05, 4.69) is 0 Å². The first-order valence-electron chi connectivity index (χ1n) is 6.67. The lowest BCUT2D eigenvalue weighted by molar-refractivity contribution is -0.151. The van der Waals surface area contributed by atoms with Crippen LogP contribution in [0.5, 0.6) is 0 Å². The summed E-state index contributed by atoms with van der Waals surface area (Å²) >= 11 is -0.246. The van der Waals surface area contributed by atoms with E-state index in [9.17, 15) is 27.6 Å². The van der Waals surface area contributed by atoms with E-state index in [1.54, 1.807) is 0 Å². The van der Waals surface area contributed by atoms with Gasteiger partial charge in [-0.15, -0.1) is 0 Å². The van der Waals surface area contributed by atoms with Gasteiger partial charge in [0.15, 0.2) is 17.5 Å². The molecule has 0 bridgehead atoms. The maximum Gasteiger partial charge on any atom is 0.446 e. The van der Waals surface area contributed by atoms with Crippen LogP contribution in [0.2, 0.25) is 0 Å². The first-order valence-corrected chi connectivity index (χ1v) is 7.49. The van der Waals surface area contributed by atoms with Crippen molar-refractivity contribution in [2.75, 3.05) is 0 Å². The van der Waals surface area contributed by atoms with Crippen LogP contribution in [0.25, 0.3) is 6.08 Å². The number of ether oxygens (including phenoxy) is 1. The minimum absolute atomic E-state index is 0.0117. The fourth-order valence-electron chi connectivity index (χ4n) is 1.96. The molecule has 0 radical (unpaired) electrons. The third kappa shape index (κ3) is 4.82. The van der Waals surface area contributed by atoms with E-state index in [0.717, 1.165) is 12.2 Å². The predicted octanol–water partition coefficient (Wildman–Crippen LogP) is 3.53. The Morgan fingerprint density at radius 1 is 1.21 bits per heavy atom. The molecule has 1 aromatic rings. The molecule has 1 heterocycles. The first kappa shape index (κ1) is 18.0. The number of hydrogen-bond acceptors (Lipinski definition) is 5. The van der Waals surface area contributed by atoms with E-state index in [1.165, 1.54) is 37.3 Å². The molecule has 24 heavy (non-hydrogen) atoms. The molecule has 1 atom stereocenters. The molecule has 2 rings (SSSR count). The molecule has 8 heteroatoms. The molecule has 126 valence electrons. The van der Waals surface area contributed by atoms with Crippen LogP contribution in [0.15, 0.2) is 47.1 Å². The minimum atomic E-state index is -4.37. The van der Waals surface area contributed by atoms with Gasteiger partial charge in [0, 0.05) is 11.0 Å². The molecule has 0 amide bonds. The number of hydrogen-bond donors (Lipinski definition) is 0. The summed E-state index contributed by atoms with van der Waals surface area (Å²) in [6.45, 7) is 1.42. The van der Waals surface area contributed by atoms with Crippen molar-refractivity contribution in [2.24, 2.45) is 5.92 Å². The second-order valence-corrected chi connectivity index (χ2v) is 6.00. The summed E-state index contributed by atoms with van der Waals surface area (Å²) in [6.07, 6.45) is 3.42. The SMILES string of the molecule is CC1=CC(=O)C(C(=O)/C=C/c2ccc(SC(F)(F)F)cc2)C(=O)O1. The molecule has 1 unspecified atom stereocenters. The second-order valence-electron chi connectivity index (χ2n) is 4.86. The Balaban J connectivity index is 2.06. The number of thioether (sulfide) groups is 1. The monoisotopic (exact) mass is 356 g/mol. The summed E-state index contributed by atoms with van der Waals surface area (Å²) in [5, 5.41) is 0. The molecule has 0 N–H and O–H groups in total. The van der Waals surface area contributed by atoms with E-state index in [4.69, 9.17) is 4.74 Å². The number of cyclic esters (lactones) is 1. The Labute approximate surface area is 139 Å². The number of alkyl halides is 3. The second kappa shape index (κ2) is 7.04. The van der Waals surface area contributed by atoms with Crippen LogP contribution in [0, 0.1) is 5.92 Å². The van der Waals surface area contributed by atoms with Gasteiger partial charge >= 0.3 is 11.5 Å². The lowest BCUT2D eigenvalue weighted by Gasteiger charge is -2.15. The van der Waals surface area contributed by atoms with E-state index < -0.39 is 29.0 Å². The first-order chi connectivity index (χ1) is 11.2. The number of benzene rings is 1. The fourth-order valence-corrected chi connectivity index (χ4v) is 2.50. The lowest BCUT2D eigenvalue weighted by atomic mass is 9.96. The standard InChI is InChI=1S/C16H11F3O4S/c1-9-8-13(21)14(15(22)23-9)12(20)7-4-10-2-5-11(6-3-10)24-16(17,18)19/h2-8,14H,1H3/b7-4+. The Hall–Kier alpha value is -2.35. The maximum atomic E-state index is 12.2. The summed E-state index contributed by atoms with van der Waals surface area (Å²) in [5.74, 6) is -3.76. The highest BCUT2D eigenvalue weighted by Crippen LogP contribution is 2.36. The largest absolute Gasteiger partial charge is 0.446 e. The molecule has 1 aliphatic rings. The topological polar surface area (TPSA) is 60.4 Å². The van der Waals surface area contributed by atoms with Crippen LogP contribution < -0.4 is 0 Å². The van der Waals surface area contributed by atoms with Gasteiger partial charge in [-0.2, -0.15) is 13.2 Å². The van der Waals surface area contributed by atoms with Gasteiger partial charge in [0.05, 0.1) is 0 Å². The van der Waals surface area contributed by atoms with E-state index in [1.807, 2.05) is 0 Å². The number of ketones is 2. The quantitative estimate of drug-likeness (QED) is 0.357. The van der Waals surface area contributed by atoms with Crippen molar-refractivity contribution >= 4 is 35.4 Å². The van der Waals surface area contributed by atoms with Crippen LogP contribution >= 0.6 is 11.8 Å². The van der Waals surface area contributed by atoms with Gasteiger partial charge in [0.25, 0.3) is 0 Å². The molecular weight excluding hydrogens is 345 g/mol. The van der Waals surface area contributed by atoms with Gasteiger partial charge in [0.2, 0.25) is 0 Å². The number of allylic oxidation sites excluding steroid dienone is 3. The number of rotatable bonds is 4. The van der Waals surface area contributed by atoms with Gasteiger partial charge in [-0.1, -0.05) is 18.2 Å². The third-order valence-electron chi connectivity index (χ3n) is 2.97. The molecule has 1 aromatic carbocycles. The van der Waals surface area contributed by atoms with E-state index in [0.29, 0.717) is 5.56 Å². The highest BCUT2D eigenvalue weighted by atomic mass is 32.2. The van der Waals surface area contributed by atoms with Gasteiger partial charge in [-0.25, -0.2) is 0 Å². The Kier molecular flexibility index (Phi) is 5.28. The van der Waals surface area contributed by atoms with Crippen LogP contribution in [0.1, 0.15) is 12.5 Å². The average molecular weight is 356 g/mol. The molecule has 1 aliphatic heterocycles. The lowest BCUT2D eigenvalue weighted by Crippen LogP contribution is -2.34. The minimum Gasteiger partial charge on any atom is -0.430 e. The molecule has 0 spiro atoms. The third-order valence-corrected chi connectivity index (χ3v) is 3.70. The Bertz CT molecular complexity index is 733. The zero-order chi connectivity index (χ0) is 17.9. The van der Waals surface area contributed by atoms with Crippen LogP contribution in [0.3, 0.4) is 0 Å². The molecule has 0 saturated heterocycles. The normalized spacial score (nSPS) is 18.5. The van der Waals surface area contributed by atoms with Gasteiger partial charge in [-0.3, -0.25) is 14.4 Å². The molecular formula is C16H11F3O4S. The number of carbonyl (C=O) groups is 3. The maximum absolute atomic E-state index is 12.2. The highest BCUT2D eigenvalue weighted by Gasteiger charge is 2.36. The smallest absolute Gasteiger partial charge is 0.430 e. The molecule has 0 fully saturated rings. The zero-order valence-electron chi connectivity index (χ0n) is 12.3. The number of esters is 1. The van der Waals surface area contributed by atoms with Crippen molar-refractivity contribution in [1.29, 1.82) is 0 Å². The zero-order valence-corrected chi connectivity index (χ0v) is 13.1. The number of halogens is 3. The highest BCUT2D eigenvalue weighted by molar-refractivity contribution is 8.00. The van der Waals surface area contributed by atoms with Crippen molar-refractivity contribution in [3.63, 3.8) is 0 Å². The summed E-state index contributed by atoms with van der Waals surface area (Å²) in [7, 11) is 0. The Morgan fingerprint density at radius 2 is 1.83 bits per heavy atom. The summed E-state index contributed by atoms with van der Waals surface area (Å²) in [6, 6.07) is 5.30. The van der Waals surface area contributed by atoms with Crippen LogP contribution in [-0.4, -0.2) is 23.0 Å². The van der Waals surface area contributed by atoms with E-state index in [-0.39, 0.29) is 22.4 Å². The van der Waals surface area contributed by atoms with Crippen molar-refractivity contribution in [2.45, 2.75) is 17.3 Å². The molecule has 0 aromatic heterocycles. The molecule has 4 nitrogen and oxygen atoms in total. The summed E-state index contributed by atoms with van der Waals surface area (Å²) < 4.78 is 41.4. The fraction of sp³-hybridized carbons (Fsp3) is 0.188. The van der Waals surface area contributed by atoms with Gasteiger partial charge < -0.3 is 4.74 Å². The predicted molar refractivity (Wildman–Crippen MR) is 80.7 cm³/mol. The van der Waals surface area contributed by atoms with Crippen molar-refractivity contribution in [3.8, 4) is 0 Å². The van der Waals surface area contributed by atoms with Crippen molar-refractivity contribution in [3.05, 3.63) is 47.7 Å². The number of carbonyl (C=O) groups excluding carboxylic acids is 3. The van der Waals surface area contributed by atoms with Crippen molar-refractivity contribution < 1.29 is 32.3 Å². The summed E-state index contributed by atoms with van der Waals surface area (Å²) in [5.41, 5.74) is -3.92. The summed E-state index contributed by atoms with van der Waals surface area (Å²) in [4.78, 5) is 35.3. The van der Waals surface area contributed by atoms with E-state index >= 15 is 0 Å². The van der Waals surface area contributed by atoms with Gasteiger partial charge in [0.1, 0.15) is 5.76 Å². The van der Waals surface area contributed by atoms with Crippen LogP contribution in [0.4, 0.5) is 13.2 Å². The molecule has 0 aliphatic carbocycles. The van der Waals surface area contributed by atoms with Crippen molar-refractivity contribution in [1.82, 2.24) is 0 Å². The Morgan fingerprint density at radius 3 is 2.38 bits per heavy atom. The van der Waals surface area contributed by atoms with Gasteiger partial charge in [-0.05, 0) is 42.5 Å².